The van der Waals surface area contributed by atoms with Crippen LogP contribution in [0.3, 0.4) is 0 Å². The van der Waals surface area contributed by atoms with E-state index >= 15 is 0 Å². The van der Waals surface area contributed by atoms with Crippen LogP contribution in [0.4, 0.5) is 10.5 Å². The summed E-state index contributed by atoms with van der Waals surface area (Å²) in [6, 6.07) is 10.2. The van der Waals surface area contributed by atoms with E-state index in [2.05, 4.69) is 24.0 Å². The van der Waals surface area contributed by atoms with E-state index in [0.717, 1.165) is 51.7 Å². The Labute approximate surface area is 143 Å². The van der Waals surface area contributed by atoms with E-state index in [0.29, 0.717) is 0 Å². The fourth-order valence-electron chi connectivity index (χ4n) is 4.75. The summed E-state index contributed by atoms with van der Waals surface area (Å²) in [5.74, 6) is 0.0618. The number of para-hydroxylation sites is 1. The van der Waals surface area contributed by atoms with Crippen LogP contribution in [0, 0.1) is 0 Å². The molecule has 0 aliphatic carbocycles. The van der Waals surface area contributed by atoms with E-state index in [4.69, 9.17) is 0 Å². The molecular weight excluding hydrogens is 302 g/mol. The summed E-state index contributed by atoms with van der Waals surface area (Å²) in [4.78, 5) is 31.8. The maximum atomic E-state index is 13.2. The molecule has 3 saturated heterocycles. The van der Waals surface area contributed by atoms with Crippen molar-refractivity contribution < 1.29 is 9.59 Å². The molecule has 2 atom stereocenters. The van der Waals surface area contributed by atoms with Crippen LogP contribution in [0.25, 0.3) is 0 Å². The Morgan fingerprint density at radius 1 is 1.17 bits per heavy atom. The summed E-state index contributed by atoms with van der Waals surface area (Å²) in [5.41, 5.74) is 0.634. The summed E-state index contributed by atoms with van der Waals surface area (Å²) in [5, 5.41) is 0. The van der Waals surface area contributed by atoms with Crippen LogP contribution in [0.5, 0.6) is 0 Å². The second-order valence-electron chi connectivity index (χ2n) is 7.22. The first-order valence-electron chi connectivity index (χ1n) is 9.12. The van der Waals surface area contributed by atoms with E-state index in [1.807, 2.05) is 23.1 Å². The van der Waals surface area contributed by atoms with Crippen LogP contribution < -0.4 is 4.90 Å². The van der Waals surface area contributed by atoms with Crippen LogP contribution in [-0.2, 0) is 4.79 Å². The predicted molar refractivity (Wildman–Crippen MR) is 92.9 cm³/mol. The van der Waals surface area contributed by atoms with Crippen molar-refractivity contribution in [1.29, 1.82) is 0 Å². The number of amides is 3. The van der Waals surface area contributed by atoms with Crippen LogP contribution in [-0.4, -0.2) is 53.0 Å². The molecule has 1 aromatic rings. The number of rotatable bonds is 4. The Morgan fingerprint density at radius 3 is 2.71 bits per heavy atom. The summed E-state index contributed by atoms with van der Waals surface area (Å²) in [6.07, 6.45) is 4.37. The van der Waals surface area contributed by atoms with Gasteiger partial charge in [-0.05, 0) is 37.8 Å². The van der Waals surface area contributed by atoms with Crippen molar-refractivity contribution in [2.45, 2.75) is 50.6 Å². The van der Waals surface area contributed by atoms with Gasteiger partial charge in [0.25, 0.3) is 5.91 Å². The fraction of sp³-hybridized carbons (Fsp3) is 0.579. The van der Waals surface area contributed by atoms with E-state index < -0.39 is 5.54 Å². The number of carbonyl (C=O) groups excluding carboxylic acids is 2. The third-order valence-corrected chi connectivity index (χ3v) is 5.86. The number of nitrogens with zero attached hydrogens (tertiary/aromatic N) is 3. The minimum absolute atomic E-state index is 0.00420. The van der Waals surface area contributed by atoms with Crippen LogP contribution in [0.15, 0.2) is 30.3 Å². The normalized spacial score (nSPS) is 29.7. The van der Waals surface area contributed by atoms with Crippen molar-refractivity contribution >= 4 is 17.6 Å². The Bertz CT molecular complexity index is 647. The second-order valence-corrected chi connectivity index (χ2v) is 7.22. The third-order valence-electron chi connectivity index (χ3n) is 5.86. The maximum Gasteiger partial charge on any atom is 0.327 e. The van der Waals surface area contributed by atoms with E-state index in [1.165, 1.54) is 5.69 Å². The van der Waals surface area contributed by atoms with Gasteiger partial charge in [0.05, 0.1) is 6.04 Å². The average Bonchev–Trinajstić information content (AvgIpc) is 3.27. The minimum atomic E-state index is -0.536. The molecule has 128 valence electrons. The zero-order valence-corrected chi connectivity index (χ0v) is 14.3. The highest BCUT2D eigenvalue weighted by Gasteiger charge is 2.60. The van der Waals surface area contributed by atoms with Gasteiger partial charge in [-0.2, -0.15) is 0 Å². The first kappa shape index (κ1) is 15.5. The molecule has 0 spiro atoms. The van der Waals surface area contributed by atoms with Gasteiger partial charge in [0.1, 0.15) is 5.54 Å². The molecule has 0 saturated carbocycles. The third kappa shape index (κ3) is 2.14. The summed E-state index contributed by atoms with van der Waals surface area (Å²) >= 11 is 0. The number of hydrogen-bond donors (Lipinski definition) is 0. The number of carbonyl (C=O) groups is 2. The van der Waals surface area contributed by atoms with Crippen molar-refractivity contribution in [3.8, 4) is 0 Å². The van der Waals surface area contributed by atoms with Gasteiger partial charge in [-0.25, -0.2) is 4.79 Å². The largest absolute Gasteiger partial charge is 0.369 e. The number of fused-ring (bicyclic) bond motifs is 1. The molecule has 3 heterocycles. The molecule has 24 heavy (non-hydrogen) atoms. The lowest BCUT2D eigenvalue weighted by Gasteiger charge is -2.28. The monoisotopic (exact) mass is 327 g/mol. The Balaban J connectivity index is 1.55. The highest BCUT2D eigenvalue weighted by atomic mass is 16.2. The molecule has 5 heteroatoms. The first-order valence-corrected chi connectivity index (χ1v) is 9.12. The summed E-state index contributed by atoms with van der Waals surface area (Å²) in [6.45, 7) is 4.47. The molecule has 1 aromatic carbocycles. The standard InChI is InChI=1S/C19H25N3O2/c1-2-10-19-11-6-12-21(19)18(24)22(17(19)23)16-9-13-20(14-16)15-7-4-3-5-8-15/h3-5,7-8,16H,2,6,9-14H2,1H3/t16-,19+/m0/s1. The second kappa shape index (κ2) is 5.80. The number of urea groups is 1. The molecule has 0 unspecified atom stereocenters. The molecule has 0 aromatic heterocycles. The summed E-state index contributed by atoms with van der Waals surface area (Å²) < 4.78 is 0. The number of hydrogen-bond acceptors (Lipinski definition) is 3. The van der Waals surface area contributed by atoms with Crippen molar-refractivity contribution in [2.75, 3.05) is 24.5 Å². The molecular formula is C19H25N3O2. The van der Waals surface area contributed by atoms with Gasteiger partial charge < -0.3 is 9.80 Å². The van der Waals surface area contributed by atoms with Crippen LogP contribution in [0.1, 0.15) is 39.0 Å². The topological polar surface area (TPSA) is 43.9 Å². The zero-order chi connectivity index (χ0) is 16.7. The van der Waals surface area contributed by atoms with Crippen molar-refractivity contribution in [3.63, 3.8) is 0 Å². The molecule has 3 amide bonds. The van der Waals surface area contributed by atoms with Crippen molar-refractivity contribution in [2.24, 2.45) is 0 Å². The Morgan fingerprint density at radius 2 is 1.96 bits per heavy atom. The number of anilines is 1. The van der Waals surface area contributed by atoms with E-state index in [9.17, 15) is 9.59 Å². The lowest BCUT2D eigenvalue weighted by molar-refractivity contribution is -0.134. The van der Waals surface area contributed by atoms with E-state index in [1.54, 1.807) is 4.90 Å². The molecule has 3 aliphatic heterocycles. The maximum absolute atomic E-state index is 13.2. The Hall–Kier alpha value is -2.04. The van der Waals surface area contributed by atoms with E-state index in [-0.39, 0.29) is 18.0 Å². The summed E-state index contributed by atoms with van der Waals surface area (Å²) in [7, 11) is 0. The minimum Gasteiger partial charge on any atom is -0.369 e. The molecule has 3 fully saturated rings. The van der Waals surface area contributed by atoms with Gasteiger partial charge in [-0.15, -0.1) is 0 Å². The molecule has 0 N–H and O–H groups in total. The Kier molecular flexibility index (Phi) is 3.74. The lowest BCUT2D eigenvalue weighted by atomic mass is 9.90. The van der Waals surface area contributed by atoms with Gasteiger partial charge >= 0.3 is 6.03 Å². The predicted octanol–water partition coefficient (Wildman–Crippen LogP) is 2.86. The van der Waals surface area contributed by atoms with Gasteiger partial charge in [-0.1, -0.05) is 31.5 Å². The lowest BCUT2D eigenvalue weighted by Crippen LogP contribution is -2.46. The van der Waals surface area contributed by atoms with Gasteiger partial charge in [0.2, 0.25) is 0 Å². The first-order chi connectivity index (χ1) is 11.7. The fourth-order valence-corrected chi connectivity index (χ4v) is 4.75. The quantitative estimate of drug-likeness (QED) is 0.799. The number of benzene rings is 1. The zero-order valence-electron chi connectivity index (χ0n) is 14.3. The molecule has 0 bridgehead atoms. The van der Waals surface area contributed by atoms with Crippen molar-refractivity contribution in [3.05, 3.63) is 30.3 Å². The van der Waals surface area contributed by atoms with Crippen LogP contribution in [0.2, 0.25) is 0 Å². The molecule has 0 radical (unpaired) electrons. The van der Waals surface area contributed by atoms with Gasteiger partial charge in [0.15, 0.2) is 0 Å². The van der Waals surface area contributed by atoms with Gasteiger partial charge in [-0.3, -0.25) is 9.69 Å². The highest BCUT2D eigenvalue weighted by molar-refractivity contribution is 6.07. The van der Waals surface area contributed by atoms with Gasteiger partial charge in [0, 0.05) is 25.3 Å². The average molecular weight is 327 g/mol. The molecule has 5 nitrogen and oxygen atoms in total. The van der Waals surface area contributed by atoms with Crippen LogP contribution >= 0.6 is 0 Å². The molecule has 3 aliphatic rings. The van der Waals surface area contributed by atoms with Crippen molar-refractivity contribution in [1.82, 2.24) is 9.80 Å². The smallest absolute Gasteiger partial charge is 0.327 e. The SMILES string of the molecule is CCC[C@]12CCCN1C(=O)N([C@H]1CCN(c3ccccc3)C1)C2=O. The number of imide groups is 1. The molecule has 4 rings (SSSR count). The highest BCUT2D eigenvalue weighted by Crippen LogP contribution is 2.42.